The van der Waals surface area contributed by atoms with E-state index in [9.17, 15) is 14.7 Å². The molecule has 0 amide bonds. The molecule has 0 fully saturated rings. The second-order valence-electron chi connectivity index (χ2n) is 7.60. The number of para-hydroxylation sites is 1. The molecule has 10 nitrogen and oxygen atoms in total. The number of H-pyrrole nitrogens is 1. The van der Waals surface area contributed by atoms with Crippen LogP contribution in [0.3, 0.4) is 0 Å². The lowest BCUT2D eigenvalue weighted by molar-refractivity contribution is 0.0938. The minimum atomic E-state index is -0.958. The predicted molar refractivity (Wildman–Crippen MR) is 126 cm³/mol. The summed E-state index contributed by atoms with van der Waals surface area (Å²) >= 11 is 0. The fourth-order valence-corrected chi connectivity index (χ4v) is 3.29. The maximum atomic E-state index is 12.6. The molecule has 1 unspecified atom stereocenters. The molecule has 2 heterocycles. The van der Waals surface area contributed by atoms with Gasteiger partial charge in [-0.25, -0.2) is 10.2 Å². The molecule has 0 saturated heterocycles. The Morgan fingerprint density at radius 3 is 2.64 bits per heavy atom. The van der Waals surface area contributed by atoms with Crippen LogP contribution in [0.15, 0.2) is 69.3 Å². The van der Waals surface area contributed by atoms with E-state index in [0.717, 1.165) is 11.1 Å². The number of aryl methyl sites for hydroxylation is 2. The molecule has 0 spiro atoms. The van der Waals surface area contributed by atoms with E-state index < -0.39 is 17.4 Å². The quantitative estimate of drug-likeness (QED) is 0.278. The average Bonchev–Trinajstić information content (AvgIpc) is 3.17. The fraction of sp³-hybridized carbons (Fsp3) is 0.217. The zero-order valence-corrected chi connectivity index (χ0v) is 18.2. The molecule has 33 heavy (non-hydrogen) atoms. The maximum absolute atomic E-state index is 12.6. The number of imidazole rings is 1. The number of fused-ring (bicyclic) bond motifs is 1. The van der Waals surface area contributed by atoms with E-state index in [1.54, 1.807) is 18.3 Å². The number of benzene rings is 2. The molecule has 0 aliphatic rings. The van der Waals surface area contributed by atoms with Gasteiger partial charge in [0, 0.05) is 7.05 Å². The van der Waals surface area contributed by atoms with Gasteiger partial charge >= 0.3 is 5.69 Å². The lowest BCUT2D eigenvalue weighted by Gasteiger charge is -2.15. The van der Waals surface area contributed by atoms with Gasteiger partial charge in [-0.1, -0.05) is 48.0 Å². The Labute approximate surface area is 188 Å². The van der Waals surface area contributed by atoms with Gasteiger partial charge in [0.2, 0.25) is 5.95 Å². The first kappa shape index (κ1) is 22.0. The summed E-state index contributed by atoms with van der Waals surface area (Å²) in [5, 5.41) is 14.8. The molecule has 4 rings (SSSR count). The van der Waals surface area contributed by atoms with E-state index in [4.69, 9.17) is 4.74 Å². The molecule has 0 aliphatic heterocycles. The summed E-state index contributed by atoms with van der Waals surface area (Å²) in [6, 6.07) is 16.9. The molecule has 1 atom stereocenters. The number of hydrazone groups is 1. The van der Waals surface area contributed by atoms with Gasteiger partial charge in [-0.2, -0.15) is 10.1 Å². The third-order valence-corrected chi connectivity index (χ3v) is 5.04. The van der Waals surface area contributed by atoms with Crippen LogP contribution in [0.5, 0.6) is 5.75 Å². The number of nitrogens with one attached hydrogen (secondary N) is 2. The molecular formula is C23H24N6O4. The minimum absolute atomic E-state index is 0.000566. The first-order valence-electron chi connectivity index (χ1n) is 10.3. The Bertz CT molecular complexity index is 1390. The van der Waals surface area contributed by atoms with Crippen LogP contribution in [-0.2, 0) is 13.6 Å². The number of hydrogen-bond donors (Lipinski definition) is 3. The van der Waals surface area contributed by atoms with Crippen LogP contribution in [0.25, 0.3) is 11.2 Å². The van der Waals surface area contributed by atoms with Crippen molar-refractivity contribution in [2.75, 3.05) is 12.0 Å². The summed E-state index contributed by atoms with van der Waals surface area (Å²) in [7, 11) is 1.51. The van der Waals surface area contributed by atoms with Gasteiger partial charge in [-0.05, 0) is 24.6 Å². The summed E-state index contributed by atoms with van der Waals surface area (Å²) < 4.78 is 8.33. The van der Waals surface area contributed by atoms with E-state index in [1.807, 2.05) is 49.4 Å². The van der Waals surface area contributed by atoms with Crippen molar-refractivity contribution < 1.29 is 9.84 Å². The van der Waals surface area contributed by atoms with Crippen molar-refractivity contribution in [2.45, 2.75) is 19.6 Å². The first-order valence-corrected chi connectivity index (χ1v) is 10.3. The van der Waals surface area contributed by atoms with Gasteiger partial charge in [-0.3, -0.25) is 14.3 Å². The molecule has 0 aliphatic carbocycles. The Balaban J connectivity index is 1.62. The number of hydrogen-bond acceptors (Lipinski definition) is 7. The van der Waals surface area contributed by atoms with Crippen LogP contribution < -0.4 is 21.4 Å². The molecule has 2 aromatic heterocycles. The van der Waals surface area contributed by atoms with Crippen LogP contribution in [0.2, 0.25) is 0 Å². The Hall–Kier alpha value is -4.18. The summed E-state index contributed by atoms with van der Waals surface area (Å²) in [6.07, 6.45) is 0.655. The molecule has 0 bridgehead atoms. The van der Waals surface area contributed by atoms with Gasteiger partial charge in [0.1, 0.15) is 18.5 Å². The van der Waals surface area contributed by atoms with E-state index in [0.29, 0.717) is 5.75 Å². The van der Waals surface area contributed by atoms with Crippen LogP contribution in [0.1, 0.15) is 11.1 Å². The zero-order valence-electron chi connectivity index (χ0n) is 18.2. The first-order chi connectivity index (χ1) is 15.9. The summed E-state index contributed by atoms with van der Waals surface area (Å²) in [6.45, 7) is 1.99. The van der Waals surface area contributed by atoms with Crippen LogP contribution >= 0.6 is 0 Å². The van der Waals surface area contributed by atoms with Crippen molar-refractivity contribution in [2.24, 2.45) is 12.1 Å². The van der Waals surface area contributed by atoms with Crippen molar-refractivity contribution in [3.63, 3.8) is 0 Å². The third-order valence-electron chi connectivity index (χ3n) is 5.04. The smallest absolute Gasteiger partial charge is 0.329 e. The molecule has 2 aromatic carbocycles. The number of aromatic nitrogens is 4. The number of ether oxygens (including phenoxy) is 1. The monoisotopic (exact) mass is 448 g/mol. The van der Waals surface area contributed by atoms with Crippen molar-refractivity contribution in [3.05, 3.63) is 86.6 Å². The van der Waals surface area contributed by atoms with Crippen LogP contribution in [0, 0.1) is 6.92 Å². The fourth-order valence-electron chi connectivity index (χ4n) is 3.29. The summed E-state index contributed by atoms with van der Waals surface area (Å²) in [4.78, 5) is 31.2. The average molecular weight is 448 g/mol. The largest absolute Gasteiger partial charge is 0.491 e. The van der Waals surface area contributed by atoms with Gasteiger partial charge in [-0.15, -0.1) is 0 Å². The molecule has 10 heteroatoms. The third kappa shape index (κ3) is 5.01. The van der Waals surface area contributed by atoms with E-state index in [2.05, 4.69) is 20.5 Å². The highest BCUT2D eigenvalue weighted by atomic mass is 16.5. The molecular weight excluding hydrogens is 424 g/mol. The second-order valence-corrected chi connectivity index (χ2v) is 7.60. The van der Waals surface area contributed by atoms with Gasteiger partial charge < -0.3 is 14.4 Å². The van der Waals surface area contributed by atoms with Crippen molar-refractivity contribution in [1.82, 2.24) is 19.1 Å². The van der Waals surface area contributed by atoms with E-state index in [1.165, 1.54) is 16.2 Å². The molecule has 0 saturated carbocycles. The highest BCUT2D eigenvalue weighted by Crippen LogP contribution is 2.17. The zero-order chi connectivity index (χ0) is 23.4. The SMILES string of the molecule is Cc1ccc(/C=N/Nc2nc3c(c(=O)[nH]c(=O)n3C)n2CC(O)COc2ccccc2)cc1. The van der Waals surface area contributed by atoms with E-state index >= 15 is 0 Å². The van der Waals surface area contributed by atoms with Crippen molar-refractivity contribution in [3.8, 4) is 5.75 Å². The number of rotatable bonds is 8. The minimum Gasteiger partial charge on any atom is -0.491 e. The lowest BCUT2D eigenvalue weighted by atomic mass is 10.2. The number of aliphatic hydroxyl groups is 1. The highest BCUT2D eigenvalue weighted by molar-refractivity contribution is 5.80. The Kier molecular flexibility index (Phi) is 6.36. The van der Waals surface area contributed by atoms with Gasteiger partial charge in [0.25, 0.3) is 5.56 Å². The van der Waals surface area contributed by atoms with Gasteiger partial charge in [0.05, 0.1) is 12.8 Å². The Morgan fingerprint density at radius 2 is 1.91 bits per heavy atom. The van der Waals surface area contributed by atoms with Crippen molar-refractivity contribution >= 4 is 23.3 Å². The van der Waals surface area contributed by atoms with Crippen LogP contribution in [0.4, 0.5) is 5.95 Å². The number of aliphatic hydroxyl groups excluding tert-OH is 1. The lowest BCUT2D eigenvalue weighted by Crippen LogP contribution is -2.30. The van der Waals surface area contributed by atoms with Gasteiger partial charge in [0.15, 0.2) is 11.2 Å². The molecule has 4 aromatic rings. The topological polar surface area (TPSA) is 127 Å². The molecule has 3 N–H and O–H groups in total. The predicted octanol–water partition coefficient (Wildman–Crippen LogP) is 1.62. The molecule has 0 radical (unpaired) electrons. The summed E-state index contributed by atoms with van der Waals surface area (Å²) in [5.41, 5.74) is 3.95. The maximum Gasteiger partial charge on any atom is 0.329 e. The van der Waals surface area contributed by atoms with Crippen molar-refractivity contribution in [1.29, 1.82) is 0 Å². The highest BCUT2D eigenvalue weighted by Gasteiger charge is 2.19. The standard InChI is InChI=1S/C23H24N6O4/c1-15-8-10-16(11-9-15)12-24-27-22-25-20-19(21(31)26-23(32)28(20)2)29(22)13-17(30)14-33-18-6-4-3-5-7-18/h3-12,17,30H,13-14H2,1-2H3,(H,25,27)(H,26,31,32)/b24-12+. The normalized spacial score (nSPS) is 12.3. The number of aromatic amines is 1. The number of anilines is 1. The second kappa shape index (κ2) is 9.53. The number of nitrogens with zero attached hydrogens (tertiary/aromatic N) is 4. The van der Waals surface area contributed by atoms with Crippen LogP contribution in [-0.4, -0.2) is 43.1 Å². The Morgan fingerprint density at radius 1 is 1.18 bits per heavy atom. The van der Waals surface area contributed by atoms with E-state index in [-0.39, 0.29) is 30.3 Å². The molecule has 170 valence electrons. The summed E-state index contributed by atoms with van der Waals surface area (Å²) in [5.74, 6) is 0.826.